The zero-order chi connectivity index (χ0) is 17.8. The molecule has 2 rings (SSSR count). The third-order valence-corrected chi connectivity index (χ3v) is 6.10. The van der Waals surface area contributed by atoms with E-state index in [1.54, 1.807) is 18.2 Å². The molecule has 0 amide bonds. The molecule has 134 valence electrons. The van der Waals surface area contributed by atoms with Crippen LogP contribution in [0, 0.1) is 11.2 Å². The van der Waals surface area contributed by atoms with Crippen LogP contribution in [0.5, 0.6) is 0 Å². The molecule has 2 N–H and O–H groups in total. The van der Waals surface area contributed by atoms with Crippen molar-refractivity contribution in [1.82, 2.24) is 9.62 Å². The monoisotopic (exact) mass is 357 g/mol. The highest BCUT2D eigenvalue weighted by molar-refractivity contribution is 7.89. The number of sulfonamides is 1. The molecule has 1 atom stereocenters. The largest absolute Gasteiger partial charge is 0.381 e. The molecule has 8 heteroatoms. The summed E-state index contributed by atoms with van der Waals surface area (Å²) in [6.07, 6.45) is 2.17. The number of halogens is 1. The number of ether oxygens (including phenoxy) is 1. The molecule has 1 aromatic rings. The van der Waals surface area contributed by atoms with Gasteiger partial charge in [-0.15, -0.1) is 0 Å². The van der Waals surface area contributed by atoms with Gasteiger partial charge in [0.05, 0.1) is 11.3 Å². The summed E-state index contributed by atoms with van der Waals surface area (Å²) in [5.41, 5.74) is -0.967. The van der Waals surface area contributed by atoms with Gasteiger partial charge < -0.3 is 10.1 Å². The highest BCUT2D eigenvalue weighted by atomic mass is 32.2. The zero-order valence-corrected chi connectivity index (χ0v) is 14.8. The quantitative estimate of drug-likeness (QED) is 0.732. The van der Waals surface area contributed by atoms with E-state index in [0.29, 0.717) is 6.61 Å². The summed E-state index contributed by atoms with van der Waals surface area (Å²) in [6.45, 7) is 2.92. The summed E-state index contributed by atoms with van der Waals surface area (Å²) in [5.74, 6) is -1.08. The highest BCUT2D eigenvalue weighted by Crippen LogP contribution is 2.33. The fourth-order valence-corrected chi connectivity index (χ4v) is 4.26. The number of benzene rings is 1. The molecule has 1 aromatic carbocycles. The average molecular weight is 357 g/mol. The van der Waals surface area contributed by atoms with Crippen molar-refractivity contribution in [3.05, 3.63) is 35.6 Å². The molecule has 6 nitrogen and oxygen atoms in total. The standard InChI is InChI=1S/C16H24FN3O3S/c1-3-4-10-23-11-9-16(13-7-5-6-8-14(13)17)12-24(21,22)20(2)15(18)19-16/h5-8H,3-4,9-12H2,1-2H3,(H2,18,19). The minimum atomic E-state index is -3.71. The Morgan fingerprint density at radius 1 is 1.38 bits per heavy atom. The van der Waals surface area contributed by atoms with Gasteiger partial charge in [0.25, 0.3) is 0 Å². The van der Waals surface area contributed by atoms with Crippen molar-refractivity contribution in [2.24, 2.45) is 0 Å². The molecule has 1 saturated heterocycles. The van der Waals surface area contributed by atoms with Crippen molar-refractivity contribution in [1.29, 1.82) is 5.41 Å². The van der Waals surface area contributed by atoms with Gasteiger partial charge in [0.2, 0.25) is 16.0 Å². The second-order valence-electron chi connectivity index (χ2n) is 5.98. The molecular formula is C16H24FN3O3S. The number of nitrogens with zero attached hydrogens (tertiary/aromatic N) is 1. The second-order valence-corrected chi connectivity index (χ2v) is 7.98. The Morgan fingerprint density at radius 3 is 2.71 bits per heavy atom. The Balaban J connectivity index is 2.32. The molecule has 1 fully saturated rings. The first-order valence-corrected chi connectivity index (χ1v) is 9.59. The third kappa shape index (κ3) is 3.87. The van der Waals surface area contributed by atoms with E-state index in [2.05, 4.69) is 12.2 Å². The Labute approximate surface area is 142 Å². The minimum absolute atomic E-state index is 0.241. The number of guanidine groups is 1. The summed E-state index contributed by atoms with van der Waals surface area (Å²) in [4.78, 5) is 0. The van der Waals surface area contributed by atoms with Gasteiger partial charge in [0.15, 0.2) is 0 Å². The average Bonchev–Trinajstić information content (AvgIpc) is 2.52. The molecule has 0 spiro atoms. The van der Waals surface area contributed by atoms with Crippen LogP contribution in [0.4, 0.5) is 4.39 Å². The van der Waals surface area contributed by atoms with Gasteiger partial charge in [-0.25, -0.2) is 17.1 Å². The summed E-state index contributed by atoms with van der Waals surface area (Å²) in [7, 11) is -2.39. The van der Waals surface area contributed by atoms with Crippen LogP contribution in [0.25, 0.3) is 0 Å². The number of nitrogens with one attached hydrogen (secondary N) is 2. The van der Waals surface area contributed by atoms with E-state index in [0.717, 1.165) is 17.1 Å². The maximum absolute atomic E-state index is 14.4. The van der Waals surface area contributed by atoms with Crippen molar-refractivity contribution in [3.63, 3.8) is 0 Å². The van der Waals surface area contributed by atoms with E-state index in [4.69, 9.17) is 10.1 Å². The van der Waals surface area contributed by atoms with Gasteiger partial charge in [-0.3, -0.25) is 5.41 Å². The Kier molecular flexibility index (Phi) is 5.82. The van der Waals surface area contributed by atoms with Crippen molar-refractivity contribution in [3.8, 4) is 0 Å². The molecule has 1 heterocycles. The zero-order valence-electron chi connectivity index (χ0n) is 14.0. The van der Waals surface area contributed by atoms with Crippen LogP contribution in [0.2, 0.25) is 0 Å². The molecule has 1 aliphatic rings. The third-order valence-electron chi connectivity index (χ3n) is 4.22. The van der Waals surface area contributed by atoms with Crippen LogP contribution in [-0.2, 0) is 20.3 Å². The molecule has 24 heavy (non-hydrogen) atoms. The van der Waals surface area contributed by atoms with E-state index in [-0.39, 0.29) is 30.3 Å². The number of rotatable bonds is 7. The van der Waals surface area contributed by atoms with Gasteiger partial charge in [0.1, 0.15) is 5.82 Å². The highest BCUT2D eigenvalue weighted by Gasteiger charge is 2.46. The lowest BCUT2D eigenvalue weighted by atomic mass is 9.88. The molecule has 1 aliphatic heterocycles. The van der Waals surface area contributed by atoms with Crippen molar-refractivity contribution >= 4 is 16.0 Å². The van der Waals surface area contributed by atoms with Gasteiger partial charge in [-0.2, -0.15) is 0 Å². The fraction of sp³-hybridized carbons (Fsp3) is 0.562. The summed E-state index contributed by atoms with van der Waals surface area (Å²) < 4.78 is 45.6. The lowest BCUT2D eigenvalue weighted by molar-refractivity contribution is 0.109. The van der Waals surface area contributed by atoms with Crippen molar-refractivity contribution < 1.29 is 17.5 Å². The van der Waals surface area contributed by atoms with Gasteiger partial charge >= 0.3 is 0 Å². The number of hydrogen-bond donors (Lipinski definition) is 2. The fourth-order valence-electron chi connectivity index (χ4n) is 2.75. The van der Waals surface area contributed by atoms with E-state index in [1.165, 1.54) is 13.1 Å². The first-order valence-electron chi connectivity index (χ1n) is 7.98. The predicted molar refractivity (Wildman–Crippen MR) is 90.8 cm³/mol. The SMILES string of the molecule is CCCCOCCC1(c2ccccc2F)CS(=O)(=O)N(C)C(=N)N1. The summed E-state index contributed by atoms with van der Waals surface area (Å²) >= 11 is 0. The molecule has 0 aromatic heterocycles. The van der Waals surface area contributed by atoms with Crippen LogP contribution in [0.15, 0.2) is 24.3 Å². The van der Waals surface area contributed by atoms with Crippen LogP contribution in [-0.4, -0.2) is 44.7 Å². The summed E-state index contributed by atoms with van der Waals surface area (Å²) in [6, 6.07) is 6.07. The lowest BCUT2D eigenvalue weighted by Gasteiger charge is -2.42. The Hall–Kier alpha value is -1.67. The van der Waals surface area contributed by atoms with E-state index < -0.39 is 21.4 Å². The molecule has 0 radical (unpaired) electrons. The number of unbranched alkanes of at least 4 members (excludes halogenated alkanes) is 1. The van der Waals surface area contributed by atoms with Gasteiger partial charge in [0, 0.05) is 25.8 Å². The molecule has 1 unspecified atom stereocenters. The minimum Gasteiger partial charge on any atom is -0.381 e. The predicted octanol–water partition coefficient (Wildman–Crippen LogP) is 2.03. The van der Waals surface area contributed by atoms with Crippen LogP contribution >= 0.6 is 0 Å². The molecule has 0 bridgehead atoms. The van der Waals surface area contributed by atoms with Crippen LogP contribution < -0.4 is 5.32 Å². The van der Waals surface area contributed by atoms with Crippen molar-refractivity contribution in [2.75, 3.05) is 26.0 Å². The maximum Gasteiger partial charge on any atom is 0.239 e. The van der Waals surface area contributed by atoms with Crippen LogP contribution in [0.3, 0.4) is 0 Å². The lowest BCUT2D eigenvalue weighted by Crippen LogP contribution is -2.62. The first-order chi connectivity index (χ1) is 11.3. The van der Waals surface area contributed by atoms with E-state index >= 15 is 0 Å². The Morgan fingerprint density at radius 2 is 2.08 bits per heavy atom. The van der Waals surface area contributed by atoms with Crippen molar-refractivity contribution in [2.45, 2.75) is 31.7 Å². The number of hydrogen-bond acceptors (Lipinski definition) is 4. The summed E-state index contributed by atoms with van der Waals surface area (Å²) in [5, 5.41) is 10.8. The van der Waals surface area contributed by atoms with Gasteiger partial charge in [-0.1, -0.05) is 31.5 Å². The smallest absolute Gasteiger partial charge is 0.239 e. The van der Waals surface area contributed by atoms with Crippen LogP contribution in [0.1, 0.15) is 31.7 Å². The molecule has 0 saturated carbocycles. The maximum atomic E-state index is 14.4. The van der Waals surface area contributed by atoms with E-state index in [9.17, 15) is 12.8 Å². The van der Waals surface area contributed by atoms with E-state index in [1.807, 2.05) is 0 Å². The van der Waals surface area contributed by atoms with Gasteiger partial charge in [-0.05, 0) is 18.9 Å². The molecule has 0 aliphatic carbocycles. The topological polar surface area (TPSA) is 82.5 Å². The normalized spacial score (nSPS) is 23.1. The Bertz CT molecular complexity index is 696. The second kappa shape index (κ2) is 7.48. The first kappa shape index (κ1) is 18.7. The molecular weight excluding hydrogens is 333 g/mol.